The summed E-state index contributed by atoms with van der Waals surface area (Å²) in [6.07, 6.45) is -0.0509. The van der Waals surface area contributed by atoms with Gasteiger partial charge in [0.2, 0.25) is 6.10 Å². The molecule has 0 spiro atoms. The molecule has 1 atom stereocenters. The Labute approximate surface area is 109 Å². The van der Waals surface area contributed by atoms with E-state index in [1.165, 1.54) is 0 Å². The molecule has 0 saturated carbocycles. The SMILES string of the molecule is CC(C)CC(C)(C)C(=O)OC1C(=O)OCC1(C)C. The maximum atomic E-state index is 12.2. The number of carbonyl (C=O) groups is 2. The number of ether oxygens (including phenoxy) is 2. The minimum absolute atomic E-state index is 0.300. The predicted octanol–water partition coefficient (Wildman–Crippen LogP) is 2.55. The van der Waals surface area contributed by atoms with Crippen LogP contribution in [0.1, 0.15) is 48.0 Å². The molecule has 4 nitrogen and oxygen atoms in total. The third kappa shape index (κ3) is 3.24. The van der Waals surface area contributed by atoms with Crippen molar-refractivity contribution in [3.63, 3.8) is 0 Å². The largest absolute Gasteiger partial charge is 0.462 e. The Morgan fingerprint density at radius 3 is 2.44 bits per heavy atom. The number of hydrogen-bond donors (Lipinski definition) is 0. The van der Waals surface area contributed by atoms with E-state index < -0.39 is 22.9 Å². The van der Waals surface area contributed by atoms with Crippen LogP contribution < -0.4 is 0 Å². The average molecular weight is 256 g/mol. The average Bonchev–Trinajstić information content (AvgIpc) is 2.42. The second kappa shape index (κ2) is 4.90. The third-order valence-electron chi connectivity index (χ3n) is 3.21. The summed E-state index contributed by atoms with van der Waals surface area (Å²) in [7, 11) is 0. The standard InChI is InChI=1S/C14H24O4/c1-9(2)7-13(3,4)12(16)18-10-11(15)17-8-14(10,5)6/h9-10H,7-8H2,1-6H3. The fourth-order valence-corrected chi connectivity index (χ4v) is 2.31. The van der Waals surface area contributed by atoms with Crippen LogP contribution in [0.15, 0.2) is 0 Å². The maximum Gasteiger partial charge on any atom is 0.348 e. The van der Waals surface area contributed by atoms with E-state index in [0.717, 1.165) is 6.42 Å². The van der Waals surface area contributed by atoms with E-state index in [1.54, 1.807) is 0 Å². The molecular formula is C14H24O4. The Morgan fingerprint density at radius 1 is 1.50 bits per heavy atom. The van der Waals surface area contributed by atoms with Crippen molar-refractivity contribution in [2.45, 2.75) is 54.1 Å². The van der Waals surface area contributed by atoms with Gasteiger partial charge in [-0.3, -0.25) is 4.79 Å². The molecule has 0 aromatic carbocycles. The molecule has 0 aliphatic carbocycles. The van der Waals surface area contributed by atoms with Gasteiger partial charge in [0.15, 0.2) is 0 Å². The van der Waals surface area contributed by atoms with Crippen molar-refractivity contribution in [3.05, 3.63) is 0 Å². The zero-order valence-electron chi connectivity index (χ0n) is 12.2. The first-order valence-corrected chi connectivity index (χ1v) is 6.44. The minimum atomic E-state index is -0.781. The first-order chi connectivity index (χ1) is 8.06. The molecular weight excluding hydrogens is 232 g/mol. The Balaban J connectivity index is 2.72. The highest BCUT2D eigenvalue weighted by molar-refractivity contribution is 5.83. The highest BCUT2D eigenvalue weighted by Crippen LogP contribution is 2.34. The van der Waals surface area contributed by atoms with Gasteiger partial charge in [-0.25, -0.2) is 4.79 Å². The van der Waals surface area contributed by atoms with E-state index >= 15 is 0 Å². The molecule has 0 amide bonds. The van der Waals surface area contributed by atoms with Crippen molar-refractivity contribution >= 4 is 11.9 Å². The quantitative estimate of drug-likeness (QED) is 0.725. The number of carbonyl (C=O) groups excluding carboxylic acids is 2. The van der Waals surface area contributed by atoms with Gasteiger partial charge in [0.1, 0.15) is 6.61 Å². The van der Waals surface area contributed by atoms with Crippen LogP contribution in [0.25, 0.3) is 0 Å². The summed E-state index contributed by atoms with van der Waals surface area (Å²) in [5.41, 5.74) is -1.02. The Bertz CT molecular complexity index is 342. The number of rotatable bonds is 4. The molecule has 104 valence electrons. The normalized spacial score (nSPS) is 23.1. The van der Waals surface area contributed by atoms with Crippen LogP contribution >= 0.6 is 0 Å². The van der Waals surface area contributed by atoms with E-state index in [1.807, 2.05) is 27.7 Å². The number of hydrogen-bond acceptors (Lipinski definition) is 4. The molecule has 4 heteroatoms. The molecule has 1 aliphatic heterocycles. The first-order valence-electron chi connectivity index (χ1n) is 6.44. The van der Waals surface area contributed by atoms with Crippen LogP contribution in [0.2, 0.25) is 0 Å². The van der Waals surface area contributed by atoms with Crippen LogP contribution in [0, 0.1) is 16.7 Å². The zero-order valence-corrected chi connectivity index (χ0v) is 12.2. The second-order valence-electron chi connectivity index (χ2n) is 6.86. The molecule has 0 bridgehead atoms. The molecule has 0 aromatic rings. The van der Waals surface area contributed by atoms with Crippen molar-refractivity contribution in [1.29, 1.82) is 0 Å². The molecule has 1 heterocycles. The monoisotopic (exact) mass is 256 g/mol. The highest BCUT2D eigenvalue weighted by atomic mass is 16.6. The van der Waals surface area contributed by atoms with Crippen LogP contribution in [-0.2, 0) is 19.1 Å². The molecule has 1 saturated heterocycles. The zero-order chi connectivity index (χ0) is 14.1. The Kier molecular flexibility index (Phi) is 4.08. The van der Waals surface area contributed by atoms with E-state index in [4.69, 9.17) is 9.47 Å². The summed E-state index contributed by atoms with van der Waals surface area (Å²) in [6, 6.07) is 0. The van der Waals surface area contributed by atoms with Gasteiger partial charge >= 0.3 is 11.9 Å². The lowest BCUT2D eigenvalue weighted by Gasteiger charge is -2.28. The molecule has 1 fully saturated rings. The van der Waals surface area contributed by atoms with Crippen molar-refractivity contribution < 1.29 is 19.1 Å². The molecule has 0 N–H and O–H groups in total. The number of cyclic esters (lactones) is 1. The molecule has 0 aromatic heterocycles. The topological polar surface area (TPSA) is 52.6 Å². The summed E-state index contributed by atoms with van der Waals surface area (Å²) >= 11 is 0. The number of esters is 2. The third-order valence-corrected chi connectivity index (χ3v) is 3.21. The molecule has 1 aliphatic rings. The fraction of sp³-hybridized carbons (Fsp3) is 0.857. The van der Waals surface area contributed by atoms with Crippen molar-refractivity contribution in [2.75, 3.05) is 6.61 Å². The Hall–Kier alpha value is -1.06. The summed E-state index contributed by atoms with van der Waals surface area (Å²) in [6.45, 7) is 11.8. The van der Waals surface area contributed by atoms with Gasteiger partial charge in [-0.2, -0.15) is 0 Å². The lowest BCUT2D eigenvalue weighted by molar-refractivity contribution is -0.171. The van der Waals surface area contributed by atoms with E-state index in [9.17, 15) is 9.59 Å². The molecule has 0 radical (unpaired) electrons. The van der Waals surface area contributed by atoms with Crippen LogP contribution in [0.4, 0.5) is 0 Å². The molecule has 1 rings (SSSR count). The van der Waals surface area contributed by atoms with E-state index in [-0.39, 0.29) is 5.97 Å². The summed E-state index contributed by atoms with van der Waals surface area (Å²) in [5.74, 6) is -0.363. The first kappa shape index (κ1) is 15.0. The van der Waals surface area contributed by atoms with Crippen LogP contribution in [-0.4, -0.2) is 24.6 Å². The van der Waals surface area contributed by atoms with Gasteiger partial charge in [-0.15, -0.1) is 0 Å². The van der Waals surface area contributed by atoms with Crippen LogP contribution in [0.3, 0.4) is 0 Å². The minimum Gasteiger partial charge on any atom is -0.462 e. The fourth-order valence-electron chi connectivity index (χ4n) is 2.31. The summed E-state index contributed by atoms with van der Waals surface area (Å²) < 4.78 is 10.4. The maximum absolute atomic E-state index is 12.2. The van der Waals surface area contributed by atoms with Gasteiger partial charge in [-0.05, 0) is 26.2 Å². The molecule has 18 heavy (non-hydrogen) atoms. The summed E-state index contributed by atoms with van der Waals surface area (Å²) in [4.78, 5) is 23.7. The smallest absolute Gasteiger partial charge is 0.348 e. The van der Waals surface area contributed by atoms with E-state index in [2.05, 4.69) is 13.8 Å². The van der Waals surface area contributed by atoms with Crippen molar-refractivity contribution in [1.82, 2.24) is 0 Å². The lowest BCUT2D eigenvalue weighted by atomic mass is 9.83. The van der Waals surface area contributed by atoms with E-state index in [0.29, 0.717) is 12.5 Å². The lowest BCUT2D eigenvalue weighted by Crippen LogP contribution is -2.39. The predicted molar refractivity (Wildman–Crippen MR) is 67.9 cm³/mol. The highest BCUT2D eigenvalue weighted by Gasteiger charge is 2.48. The van der Waals surface area contributed by atoms with Crippen molar-refractivity contribution in [3.8, 4) is 0 Å². The van der Waals surface area contributed by atoms with Gasteiger partial charge < -0.3 is 9.47 Å². The van der Waals surface area contributed by atoms with Gasteiger partial charge in [0.05, 0.1) is 5.41 Å². The van der Waals surface area contributed by atoms with Gasteiger partial charge in [-0.1, -0.05) is 27.7 Å². The summed E-state index contributed by atoms with van der Waals surface area (Å²) in [5, 5.41) is 0. The second-order valence-corrected chi connectivity index (χ2v) is 6.86. The Morgan fingerprint density at radius 2 is 2.06 bits per heavy atom. The van der Waals surface area contributed by atoms with Crippen molar-refractivity contribution in [2.24, 2.45) is 16.7 Å². The van der Waals surface area contributed by atoms with Gasteiger partial charge in [0.25, 0.3) is 0 Å². The molecule has 1 unspecified atom stereocenters. The van der Waals surface area contributed by atoms with Gasteiger partial charge in [0, 0.05) is 5.41 Å². The van der Waals surface area contributed by atoms with Crippen LogP contribution in [0.5, 0.6) is 0 Å².